The second-order valence-electron chi connectivity index (χ2n) is 3.86. The predicted molar refractivity (Wildman–Crippen MR) is 61.4 cm³/mol. The Morgan fingerprint density at radius 3 is 3.19 bits per heavy atom. The summed E-state index contributed by atoms with van der Waals surface area (Å²) in [5, 5.41) is 0. The van der Waals surface area contributed by atoms with Crippen LogP contribution < -0.4 is 4.90 Å². The van der Waals surface area contributed by atoms with E-state index in [0.717, 1.165) is 0 Å². The lowest BCUT2D eigenvalue weighted by atomic mass is 10.2. The minimum absolute atomic E-state index is 0.140. The van der Waals surface area contributed by atoms with Gasteiger partial charge in [0.2, 0.25) is 0 Å². The van der Waals surface area contributed by atoms with Crippen molar-refractivity contribution < 1.29 is 9.13 Å². The number of alkyl halides is 1. The maximum absolute atomic E-state index is 14.0. The molecule has 1 aliphatic rings. The van der Waals surface area contributed by atoms with Crippen LogP contribution in [0.1, 0.15) is 12.5 Å². The van der Waals surface area contributed by atoms with E-state index in [1.54, 1.807) is 12.3 Å². The summed E-state index contributed by atoms with van der Waals surface area (Å²) in [6.07, 6.45) is 1.60. The summed E-state index contributed by atoms with van der Waals surface area (Å²) in [7, 11) is 0. The third kappa shape index (κ3) is 2.13. The largest absolute Gasteiger partial charge is 0.377 e. The average Bonchev–Trinajstić information content (AvgIpc) is 2.31. The summed E-state index contributed by atoms with van der Waals surface area (Å²) >= 11 is 5.67. The molecular weight excluding hydrogens is 231 g/mol. The van der Waals surface area contributed by atoms with Crippen LogP contribution in [-0.2, 0) is 10.6 Å². The molecule has 0 spiro atoms. The van der Waals surface area contributed by atoms with E-state index in [0.29, 0.717) is 31.1 Å². The van der Waals surface area contributed by atoms with Crippen LogP contribution in [0.4, 0.5) is 10.2 Å². The van der Waals surface area contributed by atoms with Gasteiger partial charge >= 0.3 is 0 Å². The summed E-state index contributed by atoms with van der Waals surface area (Å²) in [5.74, 6) is 0.236. The van der Waals surface area contributed by atoms with Gasteiger partial charge in [-0.15, -0.1) is 11.6 Å². The van der Waals surface area contributed by atoms with Crippen molar-refractivity contribution >= 4 is 17.4 Å². The van der Waals surface area contributed by atoms with Gasteiger partial charge in [0.15, 0.2) is 11.6 Å². The minimum Gasteiger partial charge on any atom is -0.377 e. The van der Waals surface area contributed by atoms with E-state index in [1.165, 1.54) is 0 Å². The van der Waals surface area contributed by atoms with E-state index < -0.39 is 0 Å². The zero-order chi connectivity index (χ0) is 11.5. The van der Waals surface area contributed by atoms with Crippen LogP contribution in [0.15, 0.2) is 12.3 Å². The molecule has 0 aliphatic carbocycles. The molecule has 1 saturated heterocycles. The van der Waals surface area contributed by atoms with E-state index in [4.69, 9.17) is 16.3 Å². The Morgan fingerprint density at radius 1 is 1.69 bits per heavy atom. The summed E-state index contributed by atoms with van der Waals surface area (Å²) in [4.78, 5) is 6.02. The molecule has 88 valence electrons. The highest BCUT2D eigenvalue weighted by atomic mass is 35.5. The Bertz CT molecular complexity index is 375. The average molecular weight is 245 g/mol. The van der Waals surface area contributed by atoms with E-state index in [9.17, 15) is 4.39 Å². The van der Waals surface area contributed by atoms with Crippen molar-refractivity contribution in [1.82, 2.24) is 4.98 Å². The topological polar surface area (TPSA) is 25.4 Å². The van der Waals surface area contributed by atoms with Gasteiger partial charge < -0.3 is 9.64 Å². The Labute approximate surface area is 99.2 Å². The number of anilines is 1. The minimum atomic E-state index is -0.314. The van der Waals surface area contributed by atoms with Crippen molar-refractivity contribution in [1.29, 1.82) is 0 Å². The van der Waals surface area contributed by atoms with Crippen LogP contribution in [0, 0.1) is 5.82 Å². The maximum atomic E-state index is 14.0. The molecule has 1 aromatic heterocycles. The third-order valence-electron chi connectivity index (χ3n) is 2.73. The number of nitrogens with zero attached hydrogens (tertiary/aromatic N) is 2. The van der Waals surface area contributed by atoms with Crippen LogP contribution >= 0.6 is 11.6 Å². The molecule has 16 heavy (non-hydrogen) atoms. The summed E-state index contributed by atoms with van der Waals surface area (Å²) < 4.78 is 19.3. The van der Waals surface area contributed by atoms with Crippen molar-refractivity contribution in [2.45, 2.75) is 18.8 Å². The normalized spacial score (nSPS) is 21.2. The highest BCUT2D eigenvalue weighted by molar-refractivity contribution is 6.17. The SMILES string of the molecule is CC1COCCN1c1nccc(CCl)c1F. The number of hydrogen-bond donors (Lipinski definition) is 0. The first-order valence-electron chi connectivity index (χ1n) is 5.27. The number of hydrogen-bond acceptors (Lipinski definition) is 3. The zero-order valence-corrected chi connectivity index (χ0v) is 9.88. The van der Waals surface area contributed by atoms with Crippen LogP contribution in [0.5, 0.6) is 0 Å². The fraction of sp³-hybridized carbons (Fsp3) is 0.545. The lowest BCUT2D eigenvalue weighted by Gasteiger charge is -2.34. The molecule has 0 bridgehead atoms. The molecule has 1 unspecified atom stereocenters. The highest BCUT2D eigenvalue weighted by Gasteiger charge is 2.23. The number of morpholine rings is 1. The van der Waals surface area contributed by atoms with Gasteiger partial charge in [-0.05, 0) is 13.0 Å². The third-order valence-corrected chi connectivity index (χ3v) is 3.02. The Hall–Kier alpha value is -0.870. The van der Waals surface area contributed by atoms with Gasteiger partial charge in [-0.2, -0.15) is 0 Å². The van der Waals surface area contributed by atoms with Gasteiger partial charge in [0.05, 0.1) is 25.1 Å². The van der Waals surface area contributed by atoms with Crippen LogP contribution in [0.3, 0.4) is 0 Å². The molecule has 0 radical (unpaired) electrons. The van der Waals surface area contributed by atoms with Crippen LogP contribution in [0.25, 0.3) is 0 Å². The van der Waals surface area contributed by atoms with Gasteiger partial charge in [0, 0.05) is 18.3 Å². The number of aromatic nitrogens is 1. The number of ether oxygens (including phenoxy) is 1. The van der Waals surface area contributed by atoms with E-state index in [2.05, 4.69) is 4.98 Å². The van der Waals surface area contributed by atoms with Gasteiger partial charge in [-0.25, -0.2) is 9.37 Å². The number of halogens is 2. The molecule has 0 amide bonds. The second-order valence-corrected chi connectivity index (χ2v) is 4.13. The molecule has 0 N–H and O–H groups in total. The first-order chi connectivity index (χ1) is 7.74. The molecule has 1 atom stereocenters. The summed E-state index contributed by atoms with van der Waals surface area (Å²) in [6, 6.07) is 1.75. The van der Waals surface area contributed by atoms with Crippen molar-refractivity contribution in [2.24, 2.45) is 0 Å². The Balaban J connectivity index is 2.31. The zero-order valence-electron chi connectivity index (χ0n) is 9.12. The highest BCUT2D eigenvalue weighted by Crippen LogP contribution is 2.23. The molecular formula is C11H14ClFN2O. The molecule has 5 heteroatoms. The molecule has 1 aliphatic heterocycles. The monoisotopic (exact) mass is 244 g/mol. The van der Waals surface area contributed by atoms with Gasteiger partial charge in [0.25, 0.3) is 0 Å². The lowest BCUT2D eigenvalue weighted by molar-refractivity contribution is 0.0981. The first kappa shape index (κ1) is 11.6. The van der Waals surface area contributed by atoms with E-state index in [1.807, 2.05) is 11.8 Å². The molecule has 2 rings (SSSR count). The van der Waals surface area contributed by atoms with Crippen molar-refractivity contribution in [2.75, 3.05) is 24.7 Å². The predicted octanol–water partition coefficient (Wildman–Crippen LogP) is 2.18. The fourth-order valence-electron chi connectivity index (χ4n) is 1.82. The van der Waals surface area contributed by atoms with E-state index in [-0.39, 0.29) is 17.7 Å². The van der Waals surface area contributed by atoms with Crippen molar-refractivity contribution in [3.63, 3.8) is 0 Å². The van der Waals surface area contributed by atoms with Gasteiger partial charge in [-0.3, -0.25) is 0 Å². The Kier molecular flexibility index (Phi) is 3.61. The van der Waals surface area contributed by atoms with E-state index >= 15 is 0 Å². The number of pyridine rings is 1. The van der Waals surface area contributed by atoms with Gasteiger partial charge in [-0.1, -0.05) is 0 Å². The van der Waals surface area contributed by atoms with Gasteiger partial charge in [0.1, 0.15) is 0 Å². The van der Waals surface area contributed by atoms with Crippen LogP contribution in [0.2, 0.25) is 0 Å². The first-order valence-corrected chi connectivity index (χ1v) is 5.81. The summed E-state index contributed by atoms with van der Waals surface area (Å²) in [5.41, 5.74) is 0.491. The van der Waals surface area contributed by atoms with Crippen molar-refractivity contribution in [3.05, 3.63) is 23.6 Å². The smallest absolute Gasteiger partial charge is 0.170 e. The molecule has 0 saturated carbocycles. The molecule has 0 aromatic carbocycles. The molecule has 1 aromatic rings. The van der Waals surface area contributed by atoms with Crippen molar-refractivity contribution in [3.8, 4) is 0 Å². The van der Waals surface area contributed by atoms with Crippen LogP contribution in [-0.4, -0.2) is 30.8 Å². The summed E-state index contributed by atoms with van der Waals surface area (Å²) in [6.45, 7) is 3.87. The fourth-order valence-corrected chi connectivity index (χ4v) is 2.02. The molecule has 3 nitrogen and oxygen atoms in total. The standard InChI is InChI=1S/C11H14ClFN2O/c1-8-7-16-5-4-15(8)11-10(13)9(6-12)2-3-14-11/h2-3,8H,4-7H2,1H3. The molecule has 2 heterocycles. The lowest BCUT2D eigenvalue weighted by Crippen LogP contribution is -2.44. The quantitative estimate of drug-likeness (QED) is 0.746. The Morgan fingerprint density at radius 2 is 2.50 bits per heavy atom. The maximum Gasteiger partial charge on any atom is 0.170 e. The molecule has 1 fully saturated rings. The second kappa shape index (κ2) is 4.97. The number of rotatable bonds is 2.